The van der Waals surface area contributed by atoms with Gasteiger partial charge in [0.1, 0.15) is 0 Å². The average Bonchev–Trinajstić information content (AvgIpc) is 2.97. The normalized spacial score (nSPS) is 10.4. The molecular weight excluding hydrogens is 378 g/mol. The van der Waals surface area contributed by atoms with Crippen LogP contribution in [0, 0.1) is 0 Å². The first-order valence-corrected chi connectivity index (χ1v) is 9.17. The van der Waals surface area contributed by atoms with Crippen molar-refractivity contribution in [3.8, 4) is 11.5 Å². The molecule has 0 saturated carbocycles. The molecule has 0 atom stereocenters. The molecule has 0 bridgehead atoms. The van der Waals surface area contributed by atoms with Crippen LogP contribution in [0.15, 0.2) is 34.1 Å². The molecule has 1 N–H and O–H groups in total. The largest absolute Gasteiger partial charge is 0.490 e. The molecule has 2 rings (SSSR count). The highest BCUT2D eigenvalue weighted by atomic mass is 79.9. The minimum absolute atomic E-state index is 0.0448. The van der Waals surface area contributed by atoms with Crippen molar-refractivity contribution in [1.29, 1.82) is 0 Å². The number of halogens is 1. The SMILES string of the molecule is CCOc1ccc(CCNC(=O)c2ccc(Br)s2)cc1OCC. The molecule has 1 aromatic carbocycles. The van der Waals surface area contributed by atoms with E-state index < -0.39 is 0 Å². The molecule has 0 radical (unpaired) electrons. The molecular formula is C17H20BrNO3S. The summed E-state index contributed by atoms with van der Waals surface area (Å²) in [5.74, 6) is 1.46. The number of nitrogens with one attached hydrogen (secondary N) is 1. The Morgan fingerprint density at radius 3 is 2.52 bits per heavy atom. The van der Waals surface area contributed by atoms with Crippen molar-refractivity contribution in [2.24, 2.45) is 0 Å². The van der Waals surface area contributed by atoms with Gasteiger partial charge in [-0.25, -0.2) is 0 Å². The van der Waals surface area contributed by atoms with Gasteiger partial charge in [-0.3, -0.25) is 4.79 Å². The smallest absolute Gasteiger partial charge is 0.261 e. The van der Waals surface area contributed by atoms with Gasteiger partial charge in [-0.15, -0.1) is 11.3 Å². The number of hydrogen-bond acceptors (Lipinski definition) is 4. The standard InChI is InChI=1S/C17H20BrNO3S/c1-3-21-13-6-5-12(11-14(13)22-4-2)9-10-19-17(20)15-7-8-16(18)23-15/h5-8,11H,3-4,9-10H2,1-2H3,(H,19,20). The minimum atomic E-state index is -0.0448. The van der Waals surface area contributed by atoms with Crippen molar-refractivity contribution >= 4 is 33.2 Å². The molecule has 23 heavy (non-hydrogen) atoms. The second-order valence-corrected chi connectivity index (χ2v) is 7.22. The molecule has 0 aliphatic rings. The van der Waals surface area contributed by atoms with Crippen molar-refractivity contribution in [3.63, 3.8) is 0 Å². The van der Waals surface area contributed by atoms with Gasteiger partial charge in [-0.1, -0.05) is 6.07 Å². The Balaban J connectivity index is 1.92. The van der Waals surface area contributed by atoms with E-state index in [1.54, 1.807) is 0 Å². The molecule has 0 spiro atoms. The van der Waals surface area contributed by atoms with Crippen LogP contribution in [0.3, 0.4) is 0 Å². The van der Waals surface area contributed by atoms with E-state index in [0.717, 1.165) is 27.3 Å². The van der Waals surface area contributed by atoms with Crippen LogP contribution < -0.4 is 14.8 Å². The molecule has 6 heteroatoms. The summed E-state index contributed by atoms with van der Waals surface area (Å²) in [6.45, 7) is 5.66. The maximum Gasteiger partial charge on any atom is 0.261 e. The van der Waals surface area contributed by atoms with Gasteiger partial charge in [-0.2, -0.15) is 0 Å². The molecule has 4 nitrogen and oxygen atoms in total. The third kappa shape index (κ3) is 5.25. The van der Waals surface area contributed by atoms with E-state index in [1.165, 1.54) is 11.3 Å². The van der Waals surface area contributed by atoms with Crippen molar-refractivity contribution in [2.75, 3.05) is 19.8 Å². The Morgan fingerprint density at radius 2 is 1.87 bits per heavy atom. The van der Waals surface area contributed by atoms with E-state index in [4.69, 9.17) is 9.47 Å². The predicted octanol–water partition coefficient (Wildman–Crippen LogP) is 4.28. The maximum atomic E-state index is 12.0. The lowest BCUT2D eigenvalue weighted by molar-refractivity contribution is 0.0958. The molecule has 0 aliphatic carbocycles. The highest BCUT2D eigenvalue weighted by Gasteiger charge is 2.09. The van der Waals surface area contributed by atoms with Gasteiger partial charge < -0.3 is 14.8 Å². The summed E-state index contributed by atoms with van der Waals surface area (Å²) >= 11 is 4.79. The first kappa shape index (κ1) is 17.8. The van der Waals surface area contributed by atoms with Gasteiger partial charge in [0.25, 0.3) is 5.91 Å². The Kier molecular flexibility index (Phi) is 6.92. The molecule has 0 unspecified atom stereocenters. The fraction of sp³-hybridized carbons (Fsp3) is 0.353. The highest BCUT2D eigenvalue weighted by Crippen LogP contribution is 2.28. The summed E-state index contributed by atoms with van der Waals surface area (Å²) in [5, 5.41) is 2.93. The fourth-order valence-electron chi connectivity index (χ4n) is 2.09. The molecule has 0 fully saturated rings. The fourth-order valence-corrected chi connectivity index (χ4v) is 3.40. The van der Waals surface area contributed by atoms with Gasteiger partial charge in [0.15, 0.2) is 11.5 Å². The number of ether oxygens (including phenoxy) is 2. The minimum Gasteiger partial charge on any atom is -0.490 e. The molecule has 2 aromatic rings. The van der Waals surface area contributed by atoms with Crippen LogP contribution >= 0.6 is 27.3 Å². The molecule has 0 aliphatic heterocycles. The van der Waals surface area contributed by atoms with Crippen molar-refractivity contribution < 1.29 is 14.3 Å². The van der Waals surface area contributed by atoms with E-state index in [0.29, 0.717) is 24.6 Å². The molecule has 124 valence electrons. The average molecular weight is 398 g/mol. The second kappa shape index (κ2) is 8.93. The Morgan fingerprint density at radius 1 is 1.13 bits per heavy atom. The van der Waals surface area contributed by atoms with E-state index >= 15 is 0 Å². The summed E-state index contributed by atoms with van der Waals surface area (Å²) in [7, 11) is 0. The number of hydrogen-bond donors (Lipinski definition) is 1. The summed E-state index contributed by atoms with van der Waals surface area (Å²) in [5.41, 5.74) is 1.10. The Hall–Kier alpha value is -1.53. The van der Waals surface area contributed by atoms with E-state index in [1.807, 2.05) is 44.2 Å². The second-order valence-electron chi connectivity index (χ2n) is 4.76. The predicted molar refractivity (Wildman–Crippen MR) is 96.8 cm³/mol. The van der Waals surface area contributed by atoms with Crippen LogP contribution in [0.4, 0.5) is 0 Å². The third-order valence-electron chi connectivity index (χ3n) is 3.10. The lowest BCUT2D eigenvalue weighted by atomic mass is 10.1. The van der Waals surface area contributed by atoms with Crippen LogP contribution in [0.2, 0.25) is 0 Å². The number of thiophene rings is 1. The molecule has 1 amide bonds. The monoisotopic (exact) mass is 397 g/mol. The number of rotatable bonds is 8. The highest BCUT2D eigenvalue weighted by molar-refractivity contribution is 9.11. The summed E-state index contributed by atoms with van der Waals surface area (Å²) in [6, 6.07) is 9.58. The molecule has 1 heterocycles. The summed E-state index contributed by atoms with van der Waals surface area (Å²) < 4.78 is 12.1. The zero-order chi connectivity index (χ0) is 16.7. The van der Waals surface area contributed by atoms with Crippen molar-refractivity contribution in [3.05, 3.63) is 44.6 Å². The third-order valence-corrected chi connectivity index (χ3v) is 4.73. The zero-order valence-electron chi connectivity index (χ0n) is 13.2. The first-order chi connectivity index (χ1) is 11.1. The number of benzene rings is 1. The van der Waals surface area contributed by atoms with Crippen LogP contribution in [-0.4, -0.2) is 25.7 Å². The molecule has 0 saturated heterocycles. The van der Waals surface area contributed by atoms with Gasteiger partial charge in [0.05, 0.1) is 21.9 Å². The summed E-state index contributed by atoms with van der Waals surface area (Å²) in [6.07, 6.45) is 0.741. The van der Waals surface area contributed by atoms with Crippen LogP contribution in [-0.2, 0) is 6.42 Å². The Labute approximate surface area is 148 Å². The summed E-state index contributed by atoms with van der Waals surface area (Å²) in [4.78, 5) is 12.7. The first-order valence-electron chi connectivity index (χ1n) is 7.56. The zero-order valence-corrected chi connectivity index (χ0v) is 15.6. The number of carbonyl (C=O) groups excluding carboxylic acids is 1. The van der Waals surface area contributed by atoms with Gasteiger partial charge >= 0.3 is 0 Å². The lowest BCUT2D eigenvalue weighted by Gasteiger charge is -2.12. The van der Waals surface area contributed by atoms with Crippen molar-refractivity contribution in [1.82, 2.24) is 5.32 Å². The van der Waals surface area contributed by atoms with Gasteiger partial charge in [0.2, 0.25) is 0 Å². The van der Waals surface area contributed by atoms with Crippen LogP contribution in [0.1, 0.15) is 29.1 Å². The van der Waals surface area contributed by atoms with E-state index in [-0.39, 0.29) is 5.91 Å². The molecule has 1 aromatic heterocycles. The lowest BCUT2D eigenvalue weighted by Crippen LogP contribution is -2.24. The van der Waals surface area contributed by atoms with Crippen molar-refractivity contribution in [2.45, 2.75) is 20.3 Å². The van der Waals surface area contributed by atoms with Crippen LogP contribution in [0.25, 0.3) is 0 Å². The van der Waals surface area contributed by atoms with Crippen LogP contribution in [0.5, 0.6) is 11.5 Å². The number of carbonyl (C=O) groups is 1. The van der Waals surface area contributed by atoms with Gasteiger partial charge in [0, 0.05) is 6.54 Å². The Bertz CT molecular complexity index is 657. The van der Waals surface area contributed by atoms with E-state index in [9.17, 15) is 4.79 Å². The quantitative estimate of drug-likeness (QED) is 0.722. The van der Waals surface area contributed by atoms with Gasteiger partial charge in [-0.05, 0) is 66.0 Å². The number of amides is 1. The maximum absolute atomic E-state index is 12.0. The van der Waals surface area contributed by atoms with E-state index in [2.05, 4.69) is 21.2 Å². The topological polar surface area (TPSA) is 47.6 Å².